The molecule has 2 amide bonds. The molecule has 1 saturated heterocycles. The number of carbonyl (C=O) groups is 2. The fraction of sp³-hybridized carbons (Fsp3) is 0.667. The average Bonchev–Trinajstić information content (AvgIpc) is 2.68. The minimum absolute atomic E-state index is 0.0322. The Morgan fingerprint density at radius 2 is 1.90 bits per heavy atom. The van der Waals surface area contributed by atoms with E-state index in [9.17, 15) is 14.0 Å². The van der Waals surface area contributed by atoms with E-state index in [4.69, 9.17) is 9.47 Å². The van der Waals surface area contributed by atoms with Gasteiger partial charge >= 0.3 is 6.09 Å². The van der Waals surface area contributed by atoms with Gasteiger partial charge in [-0.15, -0.1) is 0 Å². The second-order valence-electron chi connectivity index (χ2n) is 9.65. The van der Waals surface area contributed by atoms with Crippen LogP contribution in [0.25, 0.3) is 0 Å². The lowest BCUT2D eigenvalue weighted by Crippen LogP contribution is -2.41. The van der Waals surface area contributed by atoms with Crippen LogP contribution in [0.3, 0.4) is 0 Å². The van der Waals surface area contributed by atoms with E-state index in [1.807, 2.05) is 34.6 Å². The molecule has 6 nitrogen and oxygen atoms in total. The molecule has 0 spiro atoms. The molecule has 31 heavy (non-hydrogen) atoms. The van der Waals surface area contributed by atoms with Gasteiger partial charge in [0.15, 0.2) is 0 Å². The third kappa shape index (κ3) is 8.75. The second kappa shape index (κ2) is 11.3. The lowest BCUT2D eigenvalue weighted by molar-refractivity contribution is 0.0179. The Kier molecular flexibility index (Phi) is 9.14. The highest BCUT2D eigenvalue weighted by Gasteiger charge is 2.26. The number of benzene rings is 1. The fourth-order valence-corrected chi connectivity index (χ4v) is 3.45. The number of amides is 2. The number of ether oxygens (including phenoxy) is 2. The predicted molar refractivity (Wildman–Crippen MR) is 119 cm³/mol. The van der Waals surface area contributed by atoms with Crippen molar-refractivity contribution in [2.75, 3.05) is 26.2 Å². The highest BCUT2D eigenvalue weighted by Crippen LogP contribution is 2.24. The molecule has 1 aromatic carbocycles. The maximum atomic E-state index is 14.2. The number of hydrogen-bond acceptors (Lipinski definition) is 4. The zero-order valence-electron chi connectivity index (χ0n) is 19.5. The van der Waals surface area contributed by atoms with Crippen LogP contribution in [-0.4, -0.2) is 48.7 Å². The maximum Gasteiger partial charge on any atom is 0.410 e. The van der Waals surface area contributed by atoms with Crippen molar-refractivity contribution in [3.8, 4) is 5.75 Å². The fourth-order valence-electron chi connectivity index (χ4n) is 3.45. The molecule has 0 saturated carbocycles. The van der Waals surface area contributed by atoms with Crippen LogP contribution in [-0.2, 0) is 4.74 Å². The number of piperidine rings is 1. The summed E-state index contributed by atoms with van der Waals surface area (Å²) in [5, 5.41) is 2.72. The second-order valence-corrected chi connectivity index (χ2v) is 9.65. The number of nitrogens with one attached hydrogen (secondary N) is 1. The summed E-state index contributed by atoms with van der Waals surface area (Å²) in [6.07, 6.45) is 3.52. The van der Waals surface area contributed by atoms with Gasteiger partial charge in [0.25, 0.3) is 5.91 Å². The molecule has 0 unspecified atom stereocenters. The van der Waals surface area contributed by atoms with Crippen LogP contribution in [0.1, 0.15) is 70.7 Å². The van der Waals surface area contributed by atoms with Gasteiger partial charge in [-0.1, -0.05) is 13.8 Å². The minimum atomic E-state index is -0.576. The first kappa shape index (κ1) is 25.0. The molecule has 1 N–H and O–H groups in total. The van der Waals surface area contributed by atoms with Crippen molar-refractivity contribution in [1.29, 1.82) is 0 Å². The highest BCUT2D eigenvalue weighted by atomic mass is 19.1. The summed E-state index contributed by atoms with van der Waals surface area (Å²) in [4.78, 5) is 25.9. The van der Waals surface area contributed by atoms with E-state index in [2.05, 4.69) is 5.32 Å². The van der Waals surface area contributed by atoms with Gasteiger partial charge < -0.3 is 19.7 Å². The smallest absolute Gasteiger partial charge is 0.410 e. The van der Waals surface area contributed by atoms with Crippen LogP contribution in [0.2, 0.25) is 0 Å². The minimum Gasteiger partial charge on any atom is -0.493 e. The van der Waals surface area contributed by atoms with Gasteiger partial charge in [0.2, 0.25) is 0 Å². The van der Waals surface area contributed by atoms with Gasteiger partial charge in [0.1, 0.15) is 17.2 Å². The van der Waals surface area contributed by atoms with Crippen molar-refractivity contribution in [3.05, 3.63) is 29.6 Å². The van der Waals surface area contributed by atoms with Crippen molar-refractivity contribution >= 4 is 12.0 Å². The van der Waals surface area contributed by atoms with E-state index < -0.39 is 17.3 Å². The van der Waals surface area contributed by atoms with Gasteiger partial charge in [-0.25, -0.2) is 9.18 Å². The van der Waals surface area contributed by atoms with Crippen LogP contribution in [0.5, 0.6) is 5.75 Å². The number of rotatable bonds is 8. The molecule has 0 aromatic heterocycles. The van der Waals surface area contributed by atoms with E-state index in [0.717, 1.165) is 25.7 Å². The standard InChI is InChI=1S/C24H37FN2O4/c1-17(2)16-26-22(28)20-9-8-19(15-21(20)25)30-14-6-7-18-10-12-27(13-11-18)23(29)31-24(3,4)5/h8-9,15,17-18H,6-7,10-14,16H2,1-5H3,(H,26,28). The normalized spacial score (nSPS) is 15.1. The summed E-state index contributed by atoms with van der Waals surface area (Å²) in [6.45, 7) is 12.0. The first-order chi connectivity index (χ1) is 14.5. The molecule has 2 rings (SSSR count). The maximum absolute atomic E-state index is 14.2. The van der Waals surface area contributed by atoms with Gasteiger partial charge in [0, 0.05) is 25.7 Å². The van der Waals surface area contributed by atoms with Crippen molar-refractivity contribution in [1.82, 2.24) is 10.2 Å². The van der Waals surface area contributed by atoms with Crippen LogP contribution in [0.4, 0.5) is 9.18 Å². The Morgan fingerprint density at radius 1 is 1.23 bits per heavy atom. The number of likely N-dealkylation sites (tertiary alicyclic amines) is 1. The molecule has 1 aromatic rings. The van der Waals surface area contributed by atoms with Crippen LogP contribution in [0.15, 0.2) is 18.2 Å². The number of hydrogen-bond donors (Lipinski definition) is 1. The Bertz CT molecular complexity index is 738. The number of halogens is 1. The van der Waals surface area contributed by atoms with E-state index in [-0.39, 0.29) is 11.7 Å². The van der Waals surface area contributed by atoms with E-state index >= 15 is 0 Å². The van der Waals surface area contributed by atoms with Crippen LogP contribution in [0, 0.1) is 17.7 Å². The molecule has 0 aliphatic carbocycles. The van der Waals surface area contributed by atoms with Crippen molar-refractivity contribution in [3.63, 3.8) is 0 Å². The van der Waals surface area contributed by atoms with Crippen LogP contribution >= 0.6 is 0 Å². The van der Waals surface area contributed by atoms with Gasteiger partial charge in [0.05, 0.1) is 12.2 Å². The van der Waals surface area contributed by atoms with Gasteiger partial charge in [-0.3, -0.25) is 4.79 Å². The zero-order chi connectivity index (χ0) is 23.0. The molecule has 1 fully saturated rings. The molecule has 174 valence electrons. The van der Waals surface area contributed by atoms with Crippen molar-refractivity contribution in [2.45, 2.75) is 65.9 Å². The largest absolute Gasteiger partial charge is 0.493 e. The summed E-state index contributed by atoms with van der Waals surface area (Å²) in [5.41, 5.74) is -0.439. The number of carbonyl (C=O) groups excluding carboxylic acids is 2. The molecule has 0 atom stereocenters. The summed E-state index contributed by atoms with van der Waals surface area (Å²) in [6, 6.07) is 4.36. The Hall–Kier alpha value is -2.31. The lowest BCUT2D eigenvalue weighted by Gasteiger charge is -2.33. The van der Waals surface area contributed by atoms with E-state index in [0.29, 0.717) is 43.8 Å². The van der Waals surface area contributed by atoms with E-state index in [1.165, 1.54) is 12.1 Å². The highest BCUT2D eigenvalue weighted by molar-refractivity contribution is 5.94. The predicted octanol–water partition coefficient (Wildman–Crippen LogP) is 5.02. The molecular formula is C24H37FN2O4. The molecule has 0 bridgehead atoms. The lowest BCUT2D eigenvalue weighted by atomic mass is 9.92. The molecule has 1 aliphatic rings. The Balaban J connectivity index is 1.68. The molecule has 1 aliphatic heterocycles. The van der Waals surface area contributed by atoms with Crippen molar-refractivity contribution in [2.24, 2.45) is 11.8 Å². The third-order valence-electron chi connectivity index (χ3n) is 5.15. The summed E-state index contributed by atoms with van der Waals surface area (Å²) >= 11 is 0. The molecular weight excluding hydrogens is 399 g/mol. The van der Waals surface area contributed by atoms with Gasteiger partial charge in [-0.05, 0) is 70.4 Å². The third-order valence-corrected chi connectivity index (χ3v) is 5.15. The van der Waals surface area contributed by atoms with Crippen molar-refractivity contribution < 1.29 is 23.5 Å². The Morgan fingerprint density at radius 3 is 2.48 bits per heavy atom. The first-order valence-corrected chi connectivity index (χ1v) is 11.2. The quantitative estimate of drug-likeness (QED) is 0.581. The topological polar surface area (TPSA) is 67.9 Å². The zero-order valence-corrected chi connectivity index (χ0v) is 19.5. The van der Waals surface area contributed by atoms with E-state index in [1.54, 1.807) is 11.0 Å². The summed E-state index contributed by atoms with van der Waals surface area (Å²) in [5.74, 6) is 0.298. The monoisotopic (exact) mass is 436 g/mol. The molecule has 1 heterocycles. The molecule has 7 heteroatoms. The van der Waals surface area contributed by atoms with Crippen LogP contribution < -0.4 is 10.1 Å². The average molecular weight is 437 g/mol. The number of nitrogens with zero attached hydrogens (tertiary/aromatic N) is 1. The summed E-state index contributed by atoms with van der Waals surface area (Å²) < 4.78 is 25.3. The summed E-state index contributed by atoms with van der Waals surface area (Å²) in [7, 11) is 0. The molecule has 0 radical (unpaired) electrons. The SMILES string of the molecule is CC(C)CNC(=O)c1ccc(OCCCC2CCN(C(=O)OC(C)(C)C)CC2)cc1F. The van der Waals surface area contributed by atoms with Gasteiger partial charge in [-0.2, -0.15) is 0 Å². The Labute approximate surface area is 185 Å². The first-order valence-electron chi connectivity index (χ1n) is 11.2.